The van der Waals surface area contributed by atoms with Crippen LogP contribution in [0.4, 0.5) is 0 Å². The largest absolute Gasteiger partial charge is 0.488 e. The van der Waals surface area contributed by atoms with Crippen LogP contribution in [0.1, 0.15) is 39.2 Å². The van der Waals surface area contributed by atoms with E-state index in [1.54, 1.807) is 7.05 Å². The summed E-state index contributed by atoms with van der Waals surface area (Å²) in [7, 11) is 1.76. The van der Waals surface area contributed by atoms with E-state index in [9.17, 15) is 0 Å². The average Bonchev–Trinajstić information content (AvgIpc) is 3.10. The van der Waals surface area contributed by atoms with Crippen molar-refractivity contribution in [1.29, 1.82) is 0 Å². The first-order valence-corrected chi connectivity index (χ1v) is 9.39. The standard InChI is InChI=1S/C20H33N3O3.HI/c1-20(2,3)26-18-10-6-5-8-16(18)14-23-19(21-4)22-11-13-24-15-17-9-7-12-25-17;/h5-6,8,10,17H,7,9,11-15H2,1-4H3,(H2,21,22,23);1H. The Bertz CT molecular complexity index is 570. The maximum absolute atomic E-state index is 6.03. The van der Waals surface area contributed by atoms with Crippen molar-refractivity contribution in [2.45, 2.75) is 51.9 Å². The van der Waals surface area contributed by atoms with E-state index in [4.69, 9.17) is 14.2 Å². The highest BCUT2D eigenvalue weighted by Crippen LogP contribution is 2.22. The second-order valence-electron chi connectivity index (χ2n) is 7.38. The zero-order valence-electron chi connectivity index (χ0n) is 16.9. The highest BCUT2D eigenvalue weighted by atomic mass is 127. The quantitative estimate of drug-likeness (QED) is 0.253. The van der Waals surface area contributed by atoms with Crippen LogP contribution < -0.4 is 15.4 Å². The number of hydrogen-bond acceptors (Lipinski definition) is 4. The third-order valence-corrected chi connectivity index (χ3v) is 3.93. The van der Waals surface area contributed by atoms with Crippen LogP contribution in [-0.2, 0) is 16.0 Å². The summed E-state index contributed by atoms with van der Waals surface area (Å²) in [6.07, 6.45) is 2.52. The van der Waals surface area contributed by atoms with Crippen molar-refractivity contribution in [1.82, 2.24) is 10.6 Å². The molecule has 1 aromatic rings. The van der Waals surface area contributed by atoms with E-state index in [1.165, 1.54) is 0 Å². The Morgan fingerprint density at radius 2 is 2.04 bits per heavy atom. The van der Waals surface area contributed by atoms with Crippen molar-refractivity contribution in [3.63, 3.8) is 0 Å². The normalized spacial score (nSPS) is 17.3. The van der Waals surface area contributed by atoms with Crippen molar-refractivity contribution >= 4 is 29.9 Å². The minimum absolute atomic E-state index is 0. The molecule has 2 N–H and O–H groups in total. The number of rotatable bonds is 8. The zero-order chi connectivity index (χ0) is 18.8. The van der Waals surface area contributed by atoms with Crippen LogP contribution in [0, 0.1) is 0 Å². The summed E-state index contributed by atoms with van der Waals surface area (Å²) >= 11 is 0. The van der Waals surface area contributed by atoms with Gasteiger partial charge in [0.1, 0.15) is 11.4 Å². The molecular weight excluding hydrogens is 457 g/mol. The van der Waals surface area contributed by atoms with Gasteiger partial charge in [-0.05, 0) is 39.7 Å². The first-order chi connectivity index (χ1) is 12.5. The van der Waals surface area contributed by atoms with E-state index in [0.717, 1.165) is 36.7 Å². The maximum Gasteiger partial charge on any atom is 0.191 e. The predicted molar refractivity (Wildman–Crippen MR) is 120 cm³/mol. The van der Waals surface area contributed by atoms with Gasteiger partial charge < -0.3 is 24.8 Å². The molecule has 0 amide bonds. The molecule has 1 aliphatic heterocycles. The number of para-hydroxylation sites is 1. The van der Waals surface area contributed by atoms with Crippen LogP contribution in [0.25, 0.3) is 0 Å². The molecule has 0 bridgehead atoms. The van der Waals surface area contributed by atoms with Gasteiger partial charge in [0.25, 0.3) is 0 Å². The Balaban J connectivity index is 0.00000364. The minimum Gasteiger partial charge on any atom is -0.488 e. The fourth-order valence-corrected chi connectivity index (χ4v) is 2.71. The van der Waals surface area contributed by atoms with Gasteiger partial charge in [-0.1, -0.05) is 18.2 Å². The number of nitrogens with zero attached hydrogens (tertiary/aromatic N) is 1. The molecule has 1 fully saturated rings. The summed E-state index contributed by atoms with van der Waals surface area (Å²) in [5.74, 6) is 1.64. The summed E-state index contributed by atoms with van der Waals surface area (Å²) in [5, 5.41) is 6.59. The number of hydrogen-bond donors (Lipinski definition) is 2. The molecule has 1 heterocycles. The Hall–Kier alpha value is -1.06. The molecule has 0 aliphatic carbocycles. The third-order valence-electron chi connectivity index (χ3n) is 3.93. The number of halogens is 1. The second kappa shape index (κ2) is 12.4. The van der Waals surface area contributed by atoms with Crippen LogP contribution in [0.2, 0.25) is 0 Å². The van der Waals surface area contributed by atoms with E-state index in [-0.39, 0.29) is 35.7 Å². The number of nitrogens with one attached hydrogen (secondary N) is 2. The number of benzene rings is 1. The Labute approximate surface area is 180 Å². The monoisotopic (exact) mass is 491 g/mol. The molecule has 0 aromatic heterocycles. The molecule has 1 unspecified atom stereocenters. The van der Waals surface area contributed by atoms with Gasteiger partial charge in [0, 0.05) is 32.3 Å². The summed E-state index contributed by atoms with van der Waals surface area (Å²) in [6.45, 7) is 9.66. The van der Waals surface area contributed by atoms with Gasteiger partial charge in [-0.2, -0.15) is 0 Å². The topological polar surface area (TPSA) is 64.1 Å². The van der Waals surface area contributed by atoms with Crippen molar-refractivity contribution in [2.75, 3.05) is 33.4 Å². The molecule has 154 valence electrons. The van der Waals surface area contributed by atoms with Gasteiger partial charge >= 0.3 is 0 Å². The molecule has 1 aromatic carbocycles. The molecule has 1 aliphatic rings. The van der Waals surface area contributed by atoms with Crippen LogP contribution in [-0.4, -0.2) is 51.1 Å². The molecule has 1 saturated heterocycles. The molecule has 2 rings (SSSR count). The van der Waals surface area contributed by atoms with E-state index < -0.39 is 0 Å². The van der Waals surface area contributed by atoms with E-state index in [2.05, 4.69) is 21.7 Å². The van der Waals surface area contributed by atoms with Crippen LogP contribution in [0.3, 0.4) is 0 Å². The SMILES string of the molecule is CN=C(NCCOCC1CCCO1)NCc1ccccc1OC(C)(C)C.I. The van der Waals surface area contributed by atoms with E-state index in [1.807, 2.05) is 39.0 Å². The van der Waals surface area contributed by atoms with Gasteiger partial charge in [-0.25, -0.2) is 0 Å². The van der Waals surface area contributed by atoms with Gasteiger partial charge in [-0.15, -0.1) is 24.0 Å². The van der Waals surface area contributed by atoms with Crippen LogP contribution in [0.15, 0.2) is 29.3 Å². The summed E-state index contributed by atoms with van der Waals surface area (Å²) in [5.41, 5.74) is 0.871. The van der Waals surface area contributed by atoms with Gasteiger partial charge in [0.2, 0.25) is 0 Å². The maximum atomic E-state index is 6.03. The molecule has 0 saturated carbocycles. The average molecular weight is 491 g/mol. The van der Waals surface area contributed by atoms with Gasteiger partial charge in [-0.3, -0.25) is 4.99 Å². The fourth-order valence-electron chi connectivity index (χ4n) is 2.71. The molecule has 27 heavy (non-hydrogen) atoms. The summed E-state index contributed by atoms with van der Waals surface area (Å²) < 4.78 is 17.2. The smallest absolute Gasteiger partial charge is 0.191 e. The lowest BCUT2D eigenvalue weighted by atomic mass is 10.1. The lowest BCUT2D eigenvalue weighted by Gasteiger charge is -2.23. The Morgan fingerprint density at radius 3 is 2.70 bits per heavy atom. The number of guanidine groups is 1. The molecule has 0 spiro atoms. The van der Waals surface area contributed by atoms with Gasteiger partial charge in [0.05, 0.1) is 19.3 Å². The molecule has 6 nitrogen and oxygen atoms in total. The van der Waals surface area contributed by atoms with Crippen molar-refractivity contribution < 1.29 is 14.2 Å². The molecule has 7 heteroatoms. The lowest BCUT2D eigenvalue weighted by molar-refractivity contribution is 0.0191. The second-order valence-corrected chi connectivity index (χ2v) is 7.38. The van der Waals surface area contributed by atoms with Gasteiger partial charge in [0.15, 0.2) is 5.96 Å². The highest BCUT2D eigenvalue weighted by molar-refractivity contribution is 14.0. The van der Waals surface area contributed by atoms with Crippen LogP contribution in [0.5, 0.6) is 5.75 Å². The predicted octanol–water partition coefficient (Wildman–Crippen LogP) is 3.34. The van der Waals surface area contributed by atoms with Crippen molar-refractivity contribution in [2.24, 2.45) is 4.99 Å². The first-order valence-electron chi connectivity index (χ1n) is 9.39. The van der Waals surface area contributed by atoms with Crippen molar-refractivity contribution in [3.05, 3.63) is 29.8 Å². The number of ether oxygens (including phenoxy) is 3. The molecular formula is C20H34IN3O3. The first kappa shape index (κ1) is 24.0. The fraction of sp³-hybridized carbons (Fsp3) is 0.650. The van der Waals surface area contributed by atoms with Crippen molar-refractivity contribution in [3.8, 4) is 5.75 Å². The van der Waals surface area contributed by atoms with E-state index in [0.29, 0.717) is 26.3 Å². The third kappa shape index (κ3) is 9.62. The van der Waals surface area contributed by atoms with Crippen LogP contribution >= 0.6 is 24.0 Å². The Morgan fingerprint density at radius 1 is 1.26 bits per heavy atom. The number of aliphatic imine (C=N–C) groups is 1. The molecule has 0 radical (unpaired) electrons. The highest BCUT2D eigenvalue weighted by Gasteiger charge is 2.15. The zero-order valence-corrected chi connectivity index (χ0v) is 19.2. The summed E-state index contributed by atoms with van der Waals surface area (Å²) in [6, 6.07) is 8.06. The minimum atomic E-state index is -0.226. The van der Waals surface area contributed by atoms with E-state index >= 15 is 0 Å². The summed E-state index contributed by atoms with van der Waals surface area (Å²) in [4.78, 5) is 4.26. The lowest BCUT2D eigenvalue weighted by Crippen LogP contribution is -2.39. The molecule has 1 atom stereocenters. The Kier molecular flexibility index (Phi) is 11.0.